The van der Waals surface area contributed by atoms with E-state index in [1.807, 2.05) is 24.3 Å². The molecule has 1 aliphatic heterocycles. The average Bonchev–Trinajstić information content (AvgIpc) is 3.44. The molecule has 1 N–H and O–H groups in total. The van der Waals surface area contributed by atoms with Crippen molar-refractivity contribution in [3.8, 4) is 0 Å². The van der Waals surface area contributed by atoms with Gasteiger partial charge >= 0.3 is 0 Å². The molecule has 0 aliphatic carbocycles. The number of ether oxygens (including phenoxy) is 2. The summed E-state index contributed by atoms with van der Waals surface area (Å²) in [7, 11) is 0. The second-order valence-electron chi connectivity index (χ2n) is 7.58. The topological polar surface area (TPSA) is 69.4 Å². The van der Waals surface area contributed by atoms with Crippen molar-refractivity contribution < 1.29 is 23.4 Å². The number of hydrogen-bond acceptors (Lipinski definition) is 7. The molecule has 2 aromatic heterocycles. The normalized spacial score (nSPS) is 21.8. The second-order valence-corrected chi connectivity index (χ2v) is 11.0. The first-order valence-electron chi connectivity index (χ1n) is 10.2. The molecule has 3 heterocycles. The fraction of sp³-hybridized carbons (Fsp3) is 0.364. The van der Waals surface area contributed by atoms with Crippen LogP contribution in [-0.4, -0.2) is 49.9 Å². The van der Waals surface area contributed by atoms with E-state index in [2.05, 4.69) is 10.1 Å². The number of aliphatic hydroxyl groups is 1. The molecule has 176 valence electrons. The molecule has 2 unspecified atom stereocenters. The lowest BCUT2D eigenvalue weighted by molar-refractivity contribution is -0.146. The highest BCUT2D eigenvalue weighted by molar-refractivity contribution is 8.00. The van der Waals surface area contributed by atoms with Gasteiger partial charge in [-0.3, -0.25) is 0 Å². The van der Waals surface area contributed by atoms with Crippen molar-refractivity contribution in [2.45, 2.75) is 35.9 Å². The predicted octanol–water partition coefficient (Wildman–Crippen LogP) is 4.74. The van der Waals surface area contributed by atoms with Crippen LogP contribution in [0, 0.1) is 11.6 Å². The first-order valence-corrected chi connectivity index (χ1v) is 12.3. The monoisotopic (exact) mass is 513 g/mol. The Morgan fingerprint density at radius 1 is 1.33 bits per heavy atom. The van der Waals surface area contributed by atoms with Crippen molar-refractivity contribution in [2.24, 2.45) is 0 Å². The molecule has 4 rings (SSSR count). The number of halogens is 3. The smallest absolute Gasteiger partial charge is 0.177 e. The van der Waals surface area contributed by atoms with Gasteiger partial charge in [0.05, 0.1) is 29.3 Å². The molecule has 6 nitrogen and oxygen atoms in total. The Bertz CT molecular complexity index is 1090. The minimum Gasteiger partial charge on any atom is -0.382 e. The minimum absolute atomic E-state index is 0.00698. The highest BCUT2D eigenvalue weighted by atomic mass is 35.5. The Morgan fingerprint density at radius 3 is 2.76 bits per heavy atom. The molecule has 1 aromatic carbocycles. The van der Waals surface area contributed by atoms with Crippen LogP contribution >= 0.6 is 34.7 Å². The fourth-order valence-corrected chi connectivity index (χ4v) is 5.81. The number of nitrogens with zero attached hydrogens (tertiary/aromatic N) is 3. The summed E-state index contributed by atoms with van der Waals surface area (Å²) in [6, 6.07) is 6.91. The molecule has 0 saturated carbocycles. The van der Waals surface area contributed by atoms with Crippen LogP contribution in [0.25, 0.3) is 6.08 Å². The zero-order valence-corrected chi connectivity index (χ0v) is 20.0. The lowest BCUT2D eigenvalue weighted by Crippen LogP contribution is -2.43. The van der Waals surface area contributed by atoms with Gasteiger partial charge < -0.3 is 14.6 Å². The maximum atomic E-state index is 14.7. The van der Waals surface area contributed by atoms with Crippen LogP contribution in [-0.2, 0) is 21.6 Å². The Balaban J connectivity index is 1.43. The second kappa shape index (κ2) is 10.6. The minimum atomic E-state index is -1.68. The van der Waals surface area contributed by atoms with E-state index in [0.29, 0.717) is 17.6 Å². The molecule has 0 amide bonds. The molecule has 1 fully saturated rings. The first kappa shape index (κ1) is 24.3. The quantitative estimate of drug-likeness (QED) is 0.469. The van der Waals surface area contributed by atoms with Crippen molar-refractivity contribution in [3.05, 3.63) is 75.5 Å². The van der Waals surface area contributed by atoms with Crippen molar-refractivity contribution in [1.29, 1.82) is 0 Å². The summed E-state index contributed by atoms with van der Waals surface area (Å²) >= 11 is 8.82. The van der Waals surface area contributed by atoms with E-state index in [0.717, 1.165) is 17.0 Å². The summed E-state index contributed by atoms with van der Waals surface area (Å²) in [6.07, 6.45) is 6.00. The summed E-state index contributed by atoms with van der Waals surface area (Å²) in [5.74, 6) is -1.53. The lowest BCUT2D eigenvalue weighted by atomic mass is 9.90. The summed E-state index contributed by atoms with van der Waals surface area (Å²) in [6.45, 7) is 2.52. The Kier molecular flexibility index (Phi) is 7.83. The average molecular weight is 514 g/mol. The maximum absolute atomic E-state index is 14.7. The molecule has 0 radical (unpaired) electrons. The summed E-state index contributed by atoms with van der Waals surface area (Å²) in [5, 5.41) is 15.1. The van der Waals surface area contributed by atoms with E-state index in [1.165, 1.54) is 46.5 Å². The number of benzene rings is 1. The lowest BCUT2D eigenvalue weighted by Gasteiger charge is -2.37. The third-order valence-electron chi connectivity index (χ3n) is 5.24. The molecule has 33 heavy (non-hydrogen) atoms. The first-order chi connectivity index (χ1) is 15.8. The van der Waals surface area contributed by atoms with E-state index < -0.39 is 28.8 Å². The van der Waals surface area contributed by atoms with Crippen LogP contribution in [0.15, 0.2) is 49.1 Å². The molecule has 0 spiro atoms. The van der Waals surface area contributed by atoms with Crippen molar-refractivity contribution >= 4 is 40.8 Å². The largest absolute Gasteiger partial charge is 0.382 e. The van der Waals surface area contributed by atoms with E-state index >= 15 is 0 Å². The van der Waals surface area contributed by atoms with Gasteiger partial charge in [-0.1, -0.05) is 24.6 Å². The molecule has 11 heteroatoms. The van der Waals surface area contributed by atoms with Crippen molar-refractivity contribution in [1.82, 2.24) is 14.8 Å². The van der Waals surface area contributed by atoms with Crippen LogP contribution in [0.2, 0.25) is 4.34 Å². The molecule has 0 bridgehead atoms. The van der Waals surface area contributed by atoms with E-state index in [9.17, 15) is 13.9 Å². The van der Waals surface area contributed by atoms with Crippen LogP contribution in [0.4, 0.5) is 8.78 Å². The van der Waals surface area contributed by atoms with Gasteiger partial charge in [-0.15, -0.1) is 23.1 Å². The van der Waals surface area contributed by atoms with E-state index in [4.69, 9.17) is 21.1 Å². The van der Waals surface area contributed by atoms with Crippen molar-refractivity contribution in [3.63, 3.8) is 0 Å². The Labute approximate surface area is 203 Å². The molecule has 3 aromatic rings. The third kappa shape index (κ3) is 6.00. The van der Waals surface area contributed by atoms with Crippen LogP contribution < -0.4 is 0 Å². The molecule has 1 aliphatic rings. The standard InChI is InChI=1S/C22H22ClF2N3O3S2/c1-14(32-17-9-30-21(31-10-17)7-4-16-3-6-20(23)33-16)22(29,11-28-13-26-12-27-28)18-5-2-15(24)8-19(18)25/h2-8,12-14,17,21,29H,9-11H2,1H3. The van der Waals surface area contributed by atoms with Gasteiger partial charge in [0.25, 0.3) is 0 Å². The number of rotatable bonds is 8. The van der Waals surface area contributed by atoms with Gasteiger partial charge in [0, 0.05) is 21.8 Å². The third-order valence-corrected chi connectivity index (χ3v) is 7.89. The van der Waals surface area contributed by atoms with Gasteiger partial charge in [-0.05, 0) is 30.4 Å². The number of thioether (sulfide) groups is 1. The molecule has 1 saturated heterocycles. The fourth-order valence-electron chi connectivity index (χ4n) is 3.52. The molecular formula is C22H22ClF2N3O3S2. The van der Waals surface area contributed by atoms with Gasteiger partial charge in [-0.2, -0.15) is 5.10 Å². The summed E-state index contributed by atoms with van der Waals surface area (Å²) in [5.41, 5.74) is -1.68. The Morgan fingerprint density at radius 2 is 2.12 bits per heavy atom. The highest BCUT2D eigenvalue weighted by Gasteiger charge is 2.41. The highest BCUT2D eigenvalue weighted by Crippen LogP contribution is 2.38. The van der Waals surface area contributed by atoms with E-state index in [-0.39, 0.29) is 17.4 Å². The zero-order valence-electron chi connectivity index (χ0n) is 17.6. The van der Waals surface area contributed by atoms with Crippen LogP contribution in [0.5, 0.6) is 0 Å². The number of hydrogen-bond donors (Lipinski definition) is 1. The SMILES string of the molecule is CC(SC1COC(C=Cc2ccc(Cl)s2)OC1)C(O)(Cn1cncn1)c1ccc(F)cc1F. The van der Waals surface area contributed by atoms with Gasteiger partial charge in [-0.25, -0.2) is 18.4 Å². The molecular weight excluding hydrogens is 492 g/mol. The maximum Gasteiger partial charge on any atom is 0.177 e. The predicted molar refractivity (Wildman–Crippen MR) is 125 cm³/mol. The number of aromatic nitrogens is 3. The zero-order chi connectivity index (χ0) is 23.4. The Hall–Kier alpha value is -1.82. The van der Waals surface area contributed by atoms with Gasteiger partial charge in [0.1, 0.15) is 29.9 Å². The van der Waals surface area contributed by atoms with E-state index in [1.54, 1.807) is 6.92 Å². The summed E-state index contributed by atoms with van der Waals surface area (Å²) < 4.78 is 41.9. The van der Waals surface area contributed by atoms with Crippen molar-refractivity contribution in [2.75, 3.05) is 13.2 Å². The van der Waals surface area contributed by atoms with Crippen LogP contribution in [0.1, 0.15) is 17.4 Å². The summed E-state index contributed by atoms with van der Waals surface area (Å²) in [4.78, 5) is 4.88. The van der Waals surface area contributed by atoms with Gasteiger partial charge in [0.2, 0.25) is 0 Å². The number of thiophene rings is 1. The molecule has 2 atom stereocenters. The van der Waals surface area contributed by atoms with Gasteiger partial charge in [0.15, 0.2) is 6.29 Å². The van der Waals surface area contributed by atoms with Crippen LogP contribution in [0.3, 0.4) is 0 Å².